The molecule has 3 aromatic carbocycles. The molecule has 0 radical (unpaired) electrons. The summed E-state index contributed by atoms with van der Waals surface area (Å²) in [4.78, 5) is 12.6. The van der Waals surface area contributed by atoms with E-state index in [0.717, 1.165) is 6.07 Å². The molecule has 0 aliphatic rings. The second kappa shape index (κ2) is 9.05. The summed E-state index contributed by atoms with van der Waals surface area (Å²) >= 11 is 6.17. The third-order valence-electron chi connectivity index (χ3n) is 4.80. The van der Waals surface area contributed by atoms with Crippen LogP contribution < -0.4 is 10.0 Å². The van der Waals surface area contributed by atoms with Crippen LogP contribution in [0.25, 0.3) is 5.69 Å². The van der Waals surface area contributed by atoms with Gasteiger partial charge >= 0.3 is 0 Å². The number of hydrogen-bond acceptors (Lipinski definition) is 4. The van der Waals surface area contributed by atoms with Gasteiger partial charge in [0.1, 0.15) is 5.82 Å². The highest BCUT2D eigenvalue weighted by atomic mass is 35.5. The van der Waals surface area contributed by atoms with Crippen LogP contribution in [0.15, 0.2) is 84.0 Å². The molecule has 0 bridgehead atoms. The summed E-state index contributed by atoms with van der Waals surface area (Å²) in [6.07, 6.45) is 2.90. The van der Waals surface area contributed by atoms with Crippen LogP contribution in [0.3, 0.4) is 0 Å². The van der Waals surface area contributed by atoms with Crippen LogP contribution in [0, 0.1) is 12.7 Å². The van der Waals surface area contributed by atoms with Gasteiger partial charge in [0.05, 0.1) is 33.1 Å². The fraction of sp³-hybridized carbons (Fsp3) is 0.0435. The molecule has 4 rings (SSSR count). The zero-order chi connectivity index (χ0) is 23.6. The van der Waals surface area contributed by atoms with E-state index in [1.54, 1.807) is 43.3 Å². The third-order valence-corrected chi connectivity index (χ3v) is 6.62. The van der Waals surface area contributed by atoms with E-state index in [0.29, 0.717) is 16.3 Å². The van der Waals surface area contributed by atoms with Crippen LogP contribution >= 0.6 is 11.6 Å². The Labute approximate surface area is 194 Å². The first-order valence-electron chi connectivity index (χ1n) is 9.73. The molecule has 1 amide bonds. The minimum Gasteiger partial charge on any atom is -0.322 e. The van der Waals surface area contributed by atoms with Crippen molar-refractivity contribution >= 4 is 38.9 Å². The van der Waals surface area contributed by atoms with E-state index in [1.165, 1.54) is 41.3 Å². The van der Waals surface area contributed by atoms with E-state index >= 15 is 0 Å². The molecular weight excluding hydrogens is 467 g/mol. The number of nitrogens with one attached hydrogen (secondary N) is 2. The van der Waals surface area contributed by atoms with Crippen molar-refractivity contribution in [2.24, 2.45) is 0 Å². The fourth-order valence-electron chi connectivity index (χ4n) is 3.12. The number of amides is 1. The molecule has 1 aromatic heterocycles. The molecule has 0 spiro atoms. The maximum Gasteiger partial charge on any atom is 0.262 e. The average molecular weight is 485 g/mol. The highest BCUT2D eigenvalue weighted by Gasteiger charge is 2.20. The largest absolute Gasteiger partial charge is 0.322 e. The standard InChI is InChI=1S/C23H18ClFN4O3S/c1-15-10-11-17(12-22(15)33(31,32)28-20-8-4-3-7-19(20)25)27-23(30)16-13-26-29(14-16)21-9-5-2-6-18(21)24/h2-14,28H,1H3,(H,27,30). The molecular formula is C23H18ClFN4O3S. The van der Waals surface area contributed by atoms with Crippen LogP contribution in [0.5, 0.6) is 0 Å². The van der Waals surface area contributed by atoms with Crippen molar-refractivity contribution in [3.63, 3.8) is 0 Å². The van der Waals surface area contributed by atoms with E-state index < -0.39 is 21.7 Å². The number of carbonyl (C=O) groups is 1. The van der Waals surface area contributed by atoms with Crippen LogP contribution in [0.2, 0.25) is 5.02 Å². The van der Waals surface area contributed by atoms with E-state index in [9.17, 15) is 17.6 Å². The van der Waals surface area contributed by atoms with E-state index in [4.69, 9.17) is 11.6 Å². The van der Waals surface area contributed by atoms with E-state index in [-0.39, 0.29) is 21.8 Å². The fourth-order valence-corrected chi connectivity index (χ4v) is 4.69. The van der Waals surface area contributed by atoms with Crippen LogP contribution in [-0.2, 0) is 10.0 Å². The molecule has 0 saturated carbocycles. The Balaban J connectivity index is 1.57. The maximum atomic E-state index is 13.9. The highest BCUT2D eigenvalue weighted by molar-refractivity contribution is 7.92. The number of nitrogens with zero attached hydrogens (tertiary/aromatic N) is 2. The van der Waals surface area contributed by atoms with Crippen LogP contribution in [0.4, 0.5) is 15.8 Å². The number of anilines is 2. The number of halogens is 2. The van der Waals surface area contributed by atoms with Gasteiger partial charge in [0.2, 0.25) is 0 Å². The second-order valence-corrected chi connectivity index (χ2v) is 9.20. The summed E-state index contributed by atoms with van der Waals surface area (Å²) < 4.78 is 43.4. The molecule has 0 saturated heterocycles. The van der Waals surface area contributed by atoms with Crippen molar-refractivity contribution in [3.05, 3.63) is 101 Å². The first-order chi connectivity index (χ1) is 15.7. The van der Waals surface area contributed by atoms with E-state index in [2.05, 4.69) is 15.1 Å². The zero-order valence-electron chi connectivity index (χ0n) is 17.3. The summed E-state index contributed by atoms with van der Waals surface area (Å²) in [7, 11) is -4.10. The van der Waals surface area contributed by atoms with Gasteiger partial charge in [0.15, 0.2) is 0 Å². The van der Waals surface area contributed by atoms with Gasteiger partial charge in [-0.3, -0.25) is 9.52 Å². The Morgan fingerprint density at radius 3 is 2.55 bits per heavy atom. The molecule has 2 N–H and O–H groups in total. The number of rotatable bonds is 6. The molecule has 10 heteroatoms. The van der Waals surface area contributed by atoms with Crippen molar-refractivity contribution < 1.29 is 17.6 Å². The summed E-state index contributed by atoms with van der Waals surface area (Å²) in [5.74, 6) is -1.18. The predicted molar refractivity (Wildman–Crippen MR) is 125 cm³/mol. The Hall–Kier alpha value is -3.69. The van der Waals surface area contributed by atoms with Crippen molar-refractivity contribution in [2.45, 2.75) is 11.8 Å². The van der Waals surface area contributed by atoms with Gasteiger partial charge < -0.3 is 5.32 Å². The molecule has 0 aliphatic carbocycles. The number of aryl methyl sites for hydroxylation is 1. The molecule has 1 heterocycles. The van der Waals surface area contributed by atoms with Crippen molar-refractivity contribution in [2.75, 3.05) is 10.0 Å². The van der Waals surface area contributed by atoms with Gasteiger partial charge in [-0.25, -0.2) is 17.5 Å². The average Bonchev–Trinajstić information content (AvgIpc) is 3.27. The molecule has 0 unspecified atom stereocenters. The molecule has 0 atom stereocenters. The van der Waals surface area contributed by atoms with Crippen LogP contribution in [-0.4, -0.2) is 24.1 Å². The second-order valence-electron chi connectivity index (χ2n) is 7.14. The Morgan fingerprint density at radius 2 is 1.79 bits per heavy atom. The topological polar surface area (TPSA) is 93.1 Å². The first kappa shape index (κ1) is 22.5. The number of aromatic nitrogens is 2. The summed E-state index contributed by atoms with van der Waals surface area (Å²) in [6.45, 7) is 1.61. The lowest BCUT2D eigenvalue weighted by Crippen LogP contribution is -2.16. The SMILES string of the molecule is Cc1ccc(NC(=O)c2cnn(-c3ccccc3Cl)c2)cc1S(=O)(=O)Nc1ccccc1F. The number of sulfonamides is 1. The van der Waals surface area contributed by atoms with Gasteiger partial charge in [-0.05, 0) is 48.9 Å². The monoisotopic (exact) mass is 484 g/mol. The number of para-hydroxylation sites is 2. The summed E-state index contributed by atoms with van der Waals surface area (Å²) in [5.41, 5.74) is 1.39. The first-order valence-corrected chi connectivity index (χ1v) is 11.6. The van der Waals surface area contributed by atoms with Gasteiger partial charge in [0, 0.05) is 11.9 Å². The molecule has 4 aromatic rings. The lowest BCUT2D eigenvalue weighted by atomic mass is 10.2. The van der Waals surface area contributed by atoms with Crippen molar-refractivity contribution in [1.82, 2.24) is 9.78 Å². The molecule has 168 valence electrons. The minimum absolute atomic E-state index is 0.0877. The van der Waals surface area contributed by atoms with E-state index in [1.807, 2.05) is 0 Å². The zero-order valence-corrected chi connectivity index (χ0v) is 18.9. The normalized spacial score (nSPS) is 11.2. The third kappa shape index (κ3) is 4.89. The predicted octanol–water partition coefficient (Wildman–Crippen LogP) is 5.03. The summed E-state index contributed by atoms with van der Waals surface area (Å²) in [5, 5.41) is 7.30. The van der Waals surface area contributed by atoms with Gasteiger partial charge in [0.25, 0.3) is 15.9 Å². The van der Waals surface area contributed by atoms with Gasteiger partial charge in [-0.1, -0.05) is 41.9 Å². The van der Waals surface area contributed by atoms with Crippen LogP contribution in [0.1, 0.15) is 15.9 Å². The Kier molecular flexibility index (Phi) is 6.17. The van der Waals surface area contributed by atoms with Gasteiger partial charge in [-0.2, -0.15) is 5.10 Å². The summed E-state index contributed by atoms with van der Waals surface area (Å²) in [6, 6.07) is 17.0. The number of benzene rings is 3. The number of carbonyl (C=O) groups excluding carboxylic acids is 1. The van der Waals surface area contributed by atoms with Gasteiger partial charge in [-0.15, -0.1) is 0 Å². The Bertz CT molecular complexity index is 1450. The Morgan fingerprint density at radius 1 is 1.06 bits per heavy atom. The maximum absolute atomic E-state index is 13.9. The van der Waals surface area contributed by atoms with Crippen molar-refractivity contribution in [1.29, 1.82) is 0 Å². The molecule has 0 aliphatic heterocycles. The number of hydrogen-bond donors (Lipinski definition) is 2. The lowest BCUT2D eigenvalue weighted by Gasteiger charge is -2.13. The quantitative estimate of drug-likeness (QED) is 0.401. The highest BCUT2D eigenvalue weighted by Crippen LogP contribution is 2.25. The lowest BCUT2D eigenvalue weighted by molar-refractivity contribution is 0.102. The smallest absolute Gasteiger partial charge is 0.262 e. The molecule has 7 nitrogen and oxygen atoms in total. The molecule has 0 fully saturated rings. The molecule has 33 heavy (non-hydrogen) atoms. The minimum atomic E-state index is -4.10. The van der Waals surface area contributed by atoms with Crippen molar-refractivity contribution in [3.8, 4) is 5.69 Å².